The number of nitrogens with one attached hydrogen (secondary N) is 1. The highest BCUT2D eigenvalue weighted by Crippen LogP contribution is 2.16. The van der Waals surface area contributed by atoms with E-state index < -0.39 is 6.61 Å². The van der Waals surface area contributed by atoms with E-state index in [4.69, 9.17) is 5.11 Å². The van der Waals surface area contributed by atoms with Crippen LogP contribution < -0.4 is 5.32 Å². The topological polar surface area (TPSA) is 52.6 Å². The molecule has 15 heavy (non-hydrogen) atoms. The lowest BCUT2D eigenvalue weighted by atomic mass is 10.1. The summed E-state index contributed by atoms with van der Waals surface area (Å²) < 4.78 is 0. The highest BCUT2D eigenvalue weighted by Gasteiger charge is 2.22. The van der Waals surface area contributed by atoms with Crippen LogP contribution in [0.4, 0.5) is 0 Å². The molecule has 2 N–H and O–H groups in total. The summed E-state index contributed by atoms with van der Waals surface area (Å²) in [4.78, 5) is 13.3. The van der Waals surface area contributed by atoms with Crippen molar-refractivity contribution in [1.29, 1.82) is 0 Å². The van der Waals surface area contributed by atoms with E-state index in [1.807, 2.05) is 0 Å². The molecule has 0 aliphatic carbocycles. The number of hydrogen-bond donors (Lipinski definition) is 2. The lowest BCUT2D eigenvalue weighted by Gasteiger charge is -2.18. The molecule has 0 bridgehead atoms. The summed E-state index contributed by atoms with van der Waals surface area (Å²) in [6.45, 7) is 8.10. The Hall–Kier alpha value is -0.610. The molecule has 1 fully saturated rings. The van der Waals surface area contributed by atoms with Gasteiger partial charge in [-0.05, 0) is 24.8 Å². The number of aliphatic hydroxyl groups excluding tert-OH is 1. The average molecular weight is 214 g/mol. The molecule has 1 amide bonds. The van der Waals surface area contributed by atoms with Crippen molar-refractivity contribution in [2.45, 2.75) is 20.3 Å². The van der Waals surface area contributed by atoms with E-state index in [0.717, 1.165) is 26.1 Å². The normalized spacial score (nSPS) is 22.3. The number of hydrogen-bond acceptors (Lipinski definition) is 3. The fourth-order valence-electron chi connectivity index (χ4n) is 2.08. The van der Waals surface area contributed by atoms with Crippen molar-refractivity contribution in [3.8, 4) is 0 Å². The van der Waals surface area contributed by atoms with Gasteiger partial charge in [0.1, 0.15) is 6.61 Å². The molecule has 4 heteroatoms. The lowest BCUT2D eigenvalue weighted by molar-refractivity contribution is -0.123. The summed E-state index contributed by atoms with van der Waals surface area (Å²) >= 11 is 0. The van der Waals surface area contributed by atoms with Gasteiger partial charge in [0.05, 0.1) is 0 Å². The lowest BCUT2D eigenvalue weighted by Crippen LogP contribution is -2.33. The molecule has 0 saturated carbocycles. The largest absolute Gasteiger partial charge is 0.387 e. The van der Waals surface area contributed by atoms with Crippen molar-refractivity contribution in [2.24, 2.45) is 11.8 Å². The molecule has 1 aliphatic heterocycles. The third kappa shape index (κ3) is 4.62. The van der Waals surface area contributed by atoms with Gasteiger partial charge in [0, 0.05) is 19.6 Å². The van der Waals surface area contributed by atoms with Gasteiger partial charge < -0.3 is 15.3 Å². The quantitative estimate of drug-likeness (QED) is 0.681. The van der Waals surface area contributed by atoms with Crippen LogP contribution in [0.5, 0.6) is 0 Å². The molecule has 1 rings (SSSR count). The van der Waals surface area contributed by atoms with Crippen LogP contribution in [0, 0.1) is 11.8 Å². The van der Waals surface area contributed by atoms with Crippen molar-refractivity contribution in [3.63, 3.8) is 0 Å². The molecule has 1 aliphatic rings. The van der Waals surface area contributed by atoms with E-state index in [-0.39, 0.29) is 5.91 Å². The second kappa shape index (κ2) is 6.08. The predicted molar refractivity (Wildman–Crippen MR) is 59.5 cm³/mol. The third-order valence-corrected chi connectivity index (χ3v) is 2.72. The molecule has 1 heterocycles. The minimum atomic E-state index is -0.400. The van der Waals surface area contributed by atoms with Gasteiger partial charge in [0.25, 0.3) is 0 Å². The second-order valence-corrected chi connectivity index (χ2v) is 4.77. The maximum atomic E-state index is 10.9. The molecule has 1 atom stereocenters. The number of amides is 1. The SMILES string of the molecule is CC(C)CN1CC[C@H](CNC(=O)CO)C1. The summed E-state index contributed by atoms with van der Waals surface area (Å²) in [5.74, 6) is 0.993. The van der Waals surface area contributed by atoms with Gasteiger partial charge in [0.2, 0.25) is 5.91 Å². The highest BCUT2D eigenvalue weighted by molar-refractivity contribution is 5.76. The first-order valence-electron chi connectivity index (χ1n) is 5.71. The van der Waals surface area contributed by atoms with E-state index in [0.29, 0.717) is 18.4 Å². The summed E-state index contributed by atoms with van der Waals surface area (Å²) in [6.07, 6.45) is 1.15. The number of nitrogens with zero attached hydrogens (tertiary/aromatic N) is 1. The van der Waals surface area contributed by atoms with Crippen LogP contribution in [-0.4, -0.2) is 48.7 Å². The Morgan fingerprint density at radius 3 is 2.93 bits per heavy atom. The maximum absolute atomic E-state index is 10.9. The molecule has 0 spiro atoms. The Kier molecular flexibility index (Phi) is 5.05. The standard InChI is InChI=1S/C11H22N2O2/c1-9(2)6-13-4-3-10(7-13)5-12-11(15)8-14/h9-10,14H,3-8H2,1-2H3,(H,12,15)/t10-/m1/s1. The van der Waals surface area contributed by atoms with Crippen LogP contribution in [0.15, 0.2) is 0 Å². The van der Waals surface area contributed by atoms with Crippen LogP contribution in [0.1, 0.15) is 20.3 Å². The summed E-state index contributed by atoms with van der Waals surface area (Å²) in [5, 5.41) is 11.3. The molecule has 1 saturated heterocycles. The number of carbonyl (C=O) groups is 1. The zero-order valence-corrected chi connectivity index (χ0v) is 9.70. The molecular weight excluding hydrogens is 192 g/mol. The van der Waals surface area contributed by atoms with Crippen molar-refractivity contribution in [3.05, 3.63) is 0 Å². The Morgan fingerprint density at radius 1 is 1.60 bits per heavy atom. The predicted octanol–water partition coefficient (Wildman–Crippen LogP) is 0.0728. The number of carbonyl (C=O) groups excluding carboxylic acids is 1. The van der Waals surface area contributed by atoms with Crippen LogP contribution >= 0.6 is 0 Å². The van der Waals surface area contributed by atoms with Gasteiger partial charge in [0.15, 0.2) is 0 Å². The monoisotopic (exact) mass is 214 g/mol. The number of likely N-dealkylation sites (tertiary alicyclic amines) is 1. The smallest absolute Gasteiger partial charge is 0.245 e. The fourth-order valence-corrected chi connectivity index (χ4v) is 2.08. The van der Waals surface area contributed by atoms with Gasteiger partial charge in [-0.2, -0.15) is 0 Å². The number of rotatable bonds is 5. The van der Waals surface area contributed by atoms with Crippen molar-refractivity contribution >= 4 is 5.91 Å². The van der Waals surface area contributed by atoms with E-state index in [1.165, 1.54) is 0 Å². The van der Waals surface area contributed by atoms with Crippen LogP contribution in [0.25, 0.3) is 0 Å². The Labute approximate surface area is 91.6 Å². The second-order valence-electron chi connectivity index (χ2n) is 4.77. The molecular formula is C11H22N2O2. The Bertz CT molecular complexity index is 207. The molecule has 0 aromatic heterocycles. The zero-order valence-electron chi connectivity index (χ0n) is 9.70. The fraction of sp³-hybridized carbons (Fsp3) is 0.909. The van der Waals surface area contributed by atoms with Gasteiger partial charge in [-0.15, -0.1) is 0 Å². The molecule has 88 valence electrons. The minimum absolute atomic E-state index is 0.266. The van der Waals surface area contributed by atoms with Gasteiger partial charge in [-0.3, -0.25) is 4.79 Å². The van der Waals surface area contributed by atoms with E-state index in [9.17, 15) is 4.79 Å². The van der Waals surface area contributed by atoms with Crippen molar-refractivity contribution < 1.29 is 9.90 Å². The molecule has 0 aromatic rings. The minimum Gasteiger partial charge on any atom is -0.387 e. The Morgan fingerprint density at radius 2 is 2.33 bits per heavy atom. The first kappa shape index (κ1) is 12.5. The summed E-state index contributed by atoms with van der Waals surface area (Å²) in [6, 6.07) is 0. The van der Waals surface area contributed by atoms with Gasteiger partial charge in [-0.1, -0.05) is 13.8 Å². The molecule has 0 radical (unpaired) electrons. The van der Waals surface area contributed by atoms with Crippen LogP contribution in [-0.2, 0) is 4.79 Å². The highest BCUT2D eigenvalue weighted by atomic mass is 16.3. The number of aliphatic hydroxyl groups is 1. The molecule has 4 nitrogen and oxygen atoms in total. The third-order valence-electron chi connectivity index (χ3n) is 2.72. The molecule has 0 aromatic carbocycles. The van der Waals surface area contributed by atoms with Crippen LogP contribution in [0.2, 0.25) is 0 Å². The van der Waals surface area contributed by atoms with Gasteiger partial charge in [-0.25, -0.2) is 0 Å². The van der Waals surface area contributed by atoms with Crippen molar-refractivity contribution in [1.82, 2.24) is 10.2 Å². The van der Waals surface area contributed by atoms with Crippen LogP contribution in [0.3, 0.4) is 0 Å². The Balaban J connectivity index is 2.16. The zero-order chi connectivity index (χ0) is 11.3. The summed E-state index contributed by atoms with van der Waals surface area (Å²) in [5.41, 5.74) is 0. The van der Waals surface area contributed by atoms with E-state index >= 15 is 0 Å². The first-order chi connectivity index (χ1) is 7.11. The van der Waals surface area contributed by atoms with Crippen molar-refractivity contribution in [2.75, 3.05) is 32.8 Å². The van der Waals surface area contributed by atoms with Gasteiger partial charge >= 0.3 is 0 Å². The molecule has 0 unspecified atom stereocenters. The maximum Gasteiger partial charge on any atom is 0.245 e. The summed E-state index contributed by atoms with van der Waals surface area (Å²) in [7, 11) is 0. The van der Waals surface area contributed by atoms with E-state index in [2.05, 4.69) is 24.1 Å². The first-order valence-corrected chi connectivity index (χ1v) is 5.71. The average Bonchev–Trinajstić information content (AvgIpc) is 2.61. The van der Waals surface area contributed by atoms with E-state index in [1.54, 1.807) is 0 Å².